The fraction of sp³-hybridized carbons (Fsp3) is 0.571. The molecule has 0 heterocycles. The second-order valence-electron chi connectivity index (χ2n) is 5.34. The van der Waals surface area contributed by atoms with Crippen LogP contribution in [-0.2, 0) is 15.9 Å². The Labute approximate surface area is 135 Å². The molecule has 0 saturated heterocycles. The van der Waals surface area contributed by atoms with E-state index in [2.05, 4.69) is 15.9 Å². The third kappa shape index (κ3) is 3.56. The van der Waals surface area contributed by atoms with Gasteiger partial charge in [0.25, 0.3) is 0 Å². The summed E-state index contributed by atoms with van der Waals surface area (Å²) in [4.78, 5) is 0.317. The largest absolute Gasteiger partial charge is 0.243 e. The lowest BCUT2D eigenvalue weighted by Gasteiger charge is -2.28. The van der Waals surface area contributed by atoms with E-state index in [-0.39, 0.29) is 17.8 Å². The Kier molecular flexibility index (Phi) is 6.08. The number of hydrogen-bond donors (Lipinski definition) is 0. The van der Waals surface area contributed by atoms with E-state index in [0.717, 1.165) is 10.0 Å². The van der Waals surface area contributed by atoms with Gasteiger partial charge in [-0.15, -0.1) is 11.6 Å². The van der Waals surface area contributed by atoms with Gasteiger partial charge in [0.1, 0.15) is 0 Å². The van der Waals surface area contributed by atoms with Crippen molar-refractivity contribution in [2.24, 2.45) is 5.92 Å². The van der Waals surface area contributed by atoms with Crippen LogP contribution in [0.25, 0.3) is 0 Å². The van der Waals surface area contributed by atoms with Crippen LogP contribution in [-0.4, -0.2) is 25.8 Å². The van der Waals surface area contributed by atoms with Gasteiger partial charge in [0.05, 0.1) is 4.90 Å². The molecule has 0 N–H and O–H groups in total. The third-order valence-corrected chi connectivity index (χ3v) is 6.91. The van der Waals surface area contributed by atoms with Crippen molar-refractivity contribution in [2.75, 3.05) is 7.05 Å². The lowest BCUT2D eigenvalue weighted by molar-refractivity contribution is 0.315. The van der Waals surface area contributed by atoms with Gasteiger partial charge in [-0.25, -0.2) is 8.42 Å². The zero-order valence-electron chi connectivity index (χ0n) is 12.4. The van der Waals surface area contributed by atoms with Crippen LogP contribution in [0.3, 0.4) is 0 Å². The highest BCUT2D eigenvalue weighted by atomic mass is 79.9. The molecule has 3 nitrogen and oxygen atoms in total. The summed E-state index contributed by atoms with van der Waals surface area (Å²) in [7, 11) is -1.90. The molecule has 0 aromatic heterocycles. The maximum Gasteiger partial charge on any atom is 0.243 e. The SMILES string of the molecule is Cc1c(Br)cc(CCl)cc1S(=O)(=O)N(C)C(C)C(C)C. The number of nitrogens with zero attached hydrogens (tertiary/aromatic N) is 1. The first-order chi connectivity index (χ1) is 9.12. The maximum absolute atomic E-state index is 12.8. The van der Waals surface area contributed by atoms with Gasteiger partial charge in [-0.2, -0.15) is 4.31 Å². The maximum atomic E-state index is 12.8. The Bertz CT molecular complexity index is 587. The predicted molar refractivity (Wildman–Crippen MR) is 87.7 cm³/mol. The topological polar surface area (TPSA) is 37.4 Å². The lowest BCUT2D eigenvalue weighted by Crippen LogP contribution is -2.38. The fourth-order valence-electron chi connectivity index (χ4n) is 1.85. The van der Waals surface area contributed by atoms with Crippen LogP contribution in [0.2, 0.25) is 0 Å². The summed E-state index contributed by atoms with van der Waals surface area (Å²) >= 11 is 9.24. The van der Waals surface area contributed by atoms with E-state index in [9.17, 15) is 8.42 Å². The van der Waals surface area contributed by atoms with E-state index in [1.165, 1.54) is 4.31 Å². The molecule has 114 valence electrons. The van der Waals surface area contributed by atoms with Gasteiger partial charge < -0.3 is 0 Å². The van der Waals surface area contributed by atoms with Crippen LogP contribution in [0, 0.1) is 12.8 Å². The number of rotatable bonds is 5. The van der Waals surface area contributed by atoms with Crippen LogP contribution in [0.15, 0.2) is 21.5 Å². The van der Waals surface area contributed by atoms with Crippen molar-refractivity contribution in [1.29, 1.82) is 0 Å². The standard InChI is InChI=1S/C14H21BrClNO2S/c1-9(2)11(4)17(5)20(18,19)14-7-12(8-16)6-13(15)10(14)3/h6-7,9,11H,8H2,1-5H3. The minimum atomic E-state index is -3.52. The molecule has 0 bridgehead atoms. The Morgan fingerprint density at radius 2 is 1.85 bits per heavy atom. The second kappa shape index (κ2) is 6.77. The first-order valence-corrected chi connectivity index (χ1v) is 9.22. The van der Waals surface area contributed by atoms with Crippen molar-refractivity contribution in [1.82, 2.24) is 4.31 Å². The Morgan fingerprint density at radius 3 is 2.30 bits per heavy atom. The van der Waals surface area contributed by atoms with Crippen LogP contribution in [0.4, 0.5) is 0 Å². The number of halogens is 2. The van der Waals surface area contributed by atoms with E-state index < -0.39 is 10.0 Å². The first-order valence-electron chi connectivity index (χ1n) is 6.46. The van der Waals surface area contributed by atoms with Crippen molar-refractivity contribution in [3.63, 3.8) is 0 Å². The van der Waals surface area contributed by atoms with Crippen LogP contribution in [0.5, 0.6) is 0 Å². The zero-order chi connectivity index (χ0) is 15.7. The summed E-state index contributed by atoms with van der Waals surface area (Å²) in [6.07, 6.45) is 0. The first kappa shape index (κ1) is 18.0. The van der Waals surface area contributed by atoms with E-state index in [4.69, 9.17) is 11.6 Å². The molecule has 0 amide bonds. The normalized spacial score (nSPS) is 14.1. The molecular formula is C14H21BrClNO2S. The number of benzene rings is 1. The van der Waals surface area contributed by atoms with Crippen LogP contribution >= 0.6 is 27.5 Å². The van der Waals surface area contributed by atoms with Gasteiger partial charge in [0.2, 0.25) is 10.0 Å². The highest BCUT2D eigenvalue weighted by molar-refractivity contribution is 9.10. The molecule has 1 atom stereocenters. The number of sulfonamides is 1. The Morgan fingerprint density at radius 1 is 1.30 bits per heavy atom. The second-order valence-corrected chi connectivity index (χ2v) is 8.43. The summed E-state index contributed by atoms with van der Waals surface area (Å²) in [6.45, 7) is 7.73. The quantitative estimate of drug-likeness (QED) is 0.717. The van der Waals surface area contributed by atoms with Gasteiger partial charge in [0.15, 0.2) is 0 Å². The molecule has 1 aromatic rings. The van der Waals surface area contributed by atoms with E-state index in [1.807, 2.05) is 26.8 Å². The fourth-order valence-corrected chi connectivity index (χ4v) is 4.43. The predicted octanol–water partition coefficient (Wildman–Crippen LogP) is 4.16. The molecule has 0 spiro atoms. The highest BCUT2D eigenvalue weighted by Crippen LogP contribution is 2.29. The molecular weight excluding hydrogens is 362 g/mol. The Hall–Kier alpha value is -0.100. The summed E-state index contributed by atoms with van der Waals surface area (Å²) in [6, 6.07) is 3.44. The molecule has 0 aliphatic rings. The Balaban J connectivity index is 3.39. The molecule has 6 heteroatoms. The van der Waals surface area contributed by atoms with Crippen LogP contribution < -0.4 is 0 Å². The molecule has 0 radical (unpaired) electrons. The molecule has 0 aliphatic heterocycles. The van der Waals surface area contributed by atoms with Gasteiger partial charge >= 0.3 is 0 Å². The van der Waals surface area contributed by atoms with Crippen LogP contribution in [0.1, 0.15) is 31.9 Å². The molecule has 20 heavy (non-hydrogen) atoms. The summed E-state index contributed by atoms with van der Waals surface area (Å²) < 4.78 is 27.8. The minimum absolute atomic E-state index is 0.0715. The van der Waals surface area contributed by atoms with Gasteiger partial charge in [0, 0.05) is 23.4 Å². The number of alkyl halides is 1. The zero-order valence-corrected chi connectivity index (χ0v) is 15.6. The average Bonchev–Trinajstić information content (AvgIpc) is 2.39. The molecule has 0 aliphatic carbocycles. The summed E-state index contributed by atoms with van der Waals surface area (Å²) in [5.74, 6) is 0.528. The molecule has 1 unspecified atom stereocenters. The summed E-state index contributed by atoms with van der Waals surface area (Å²) in [5.41, 5.74) is 1.50. The third-order valence-electron chi connectivity index (χ3n) is 3.71. The monoisotopic (exact) mass is 381 g/mol. The van der Waals surface area contributed by atoms with E-state index >= 15 is 0 Å². The van der Waals surface area contributed by atoms with Crippen molar-refractivity contribution in [3.8, 4) is 0 Å². The van der Waals surface area contributed by atoms with Gasteiger partial charge in [-0.3, -0.25) is 0 Å². The van der Waals surface area contributed by atoms with E-state index in [1.54, 1.807) is 20.0 Å². The molecule has 1 aromatic carbocycles. The van der Waals surface area contributed by atoms with Gasteiger partial charge in [-0.05, 0) is 43.0 Å². The molecule has 1 rings (SSSR count). The van der Waals surface area contributed by atoms with Crippen molar-refractivity contribution < 1.29 is 8.42 Å². The number of hydrogen-bond acceptors (Lipinski definition) is 2. The van der Waals surface area contributed by atoms with Gasteiger partial charge in [-0.1, -0.05) is 29.8 Å². The van der Waals surface area contributed by atoms with Crippen molar-refractivity contribution in [3.05, 3.63) is 27.7 Å². The molecule has 0 fully saturated rings. The van der Waals surface area contributed by atoms with Crippen molar-refractivity contribution >= 4 is 37.6 Å². The smallest absolute Gasteiger partial charge is 0.207 e. The lowest BCUT2D eigenvalue weighted by atomic mass is 10.1. The van der Waals surface area contributed by atoms with E-state index in [0.29, 0.717) is 10.5 Å². The summed E-state index contributed by atoms with van der Waals surface area (Å²) in [5, 5.41) is 0. The minimum Gasteiger partial charge on any atom is -0.207 e. The highest BCUT2D eigenvalue weighted by Gasteiger charge is 2.29. The molecule has 0 saturated carbocycles. The van der Waals surface area contributed by atoms with Crippen molar-refractivity contribution in [2.45, 2.75) is 44.5 Å². The average molecular weight is 383 g/mol.